The summed E-state index contributed by atoms with van der Waals surface area (Å²) in [5, 5.41) is 14.4. The molecule has 1 amide bonds. The first-order valence-electron chi connectivity index (χ1n) is 8.82. The molecule has 0 spiro atoms. The van der Waals surface area contributed by atoms with E-state index >= 15 is 0 Å². The largest absolute Gasteiger partial charge is 0.454 e. The minimum Gasteiger partial charge on any atom is -0.454 e. The maximum Gasteiger partial charge on any atom is 0.330 e. The number of esters is 1. The highest BCUT2D eigenvalue weighted by molar-refractivity contribution is 5.97. The molecule has 0 aliphatic carbocycles. The summed E-state index contributed by atoms with van der Waals surface area (Å²) in [4.78, 5) is 36.4. The summed E-state index contributed by atoms with van der Waals surface area (Å²) in [5.74, 6) is -0.921. The van der Waals surface area contributed by atoms with Crippen molar-refractivity contribution < 1.29 is 19.1 Å². The molecule has 3 aromatic rings. The number of tetrazole rings is 1. The Kier molecular flexibility index (Phi) is 6.08. The smallest absolute Gasteiger partial charge is 0.330 e. The molecule has 0 saturated heterocycles. The van der Waals surface area contributed by atoms with E-state index in [-0.39, 0.29) is 12.3 Å². The number of aryl methyl sites for hydroxylation is 1. The Hall–Kier alpha value is -3.88. The molecule has 148 valence electrons. The lowest BCUT2D eigenvalue weighted by Crippen LogP contribution is -2.23. The number of carbonyl (C=O) groups excluding carboxylic acids is 3. The van der Waals surface area contributed by atoms with Gasteiger partial charge < -0.3 is 10.1 Å². The third-order valence-electron chi connectivity index (χ3n) is 3.95. The SMILES string of the molecule is CC(=O)c1cccc(NC(=O)COC(=O)Cn2nnc(-c3ccc(C)cc3)n2)c1. The molecular formula is C20H19N5O4. The monoisotopic (exact) mass is 393 g/mol. The molecule has 0 fully saturated rings. The van der Waals surface area contributed by atoms with Crippen molar-refractivity contribution in [2.45, 2.75) is 20.4 Å². The van der Waals surface area contributed by atoms with Crippen molar-refractivity contribution in [3.63, 3.8) is 0 Å². The van der Waals surface area contributed by atoms with Gasteiger partial charge in [0, 0.05) is 16.8 Å². The highest BCUT2D eigenvalue weighted by Crippen LogP contribution is 2.14. The van der Waals surface area contributed by atoms with Gasteiger partial charge in [-0.1, -0.05) is 42.0 Å². The summed E-state index contributed by atoms with van der Waals surface area (Å²) < 4.78 is 4.94. The van der Waals surface area contributed by atoms with Gasteiger partial charge >= 0.3 is 5.97 Å². The maximum atomic E-state index is 11.9. The highest BCUT2D eigenvalue weighted by atomic mass is 16.5. The molecule has 1 aromatic heterocycles. The Bertz CT molecular complexity index is 1040. The Morgan fingerprint density at radius 3 is 2.59 bits per heavy atom. The van der Waals surface area contributed by atoms with Gasteiger partial charge in [-0.25, -0.2) is 4.79 Å². The van der Waals surface area contributed by atoms with Crippen molar-refractivity contribution in [2.75, 3.05) is 11.9 Å². The van der Waals surface area contributed by atoms with Crippen LogP contribution in [0.15, 0.2) is 48.5 Å². The Labute approximate surface area is 166 Å². The average molecular weight is 393 g/mol. The van der Waals surface area contributed by atoms with Crippen LogP contribution in [0.3, 0.4) is 0 Å². The molecular weight excluding hydrogens is 374 g/mol. The van der Waals surface area contributed by atoms with E-state index in [9.17, 15) is 14.4 Å². The third kappa shape index (κ3) is 5.55. The van der Waals surface area contributed by atoms with Crippen LogP contribution < -0.4 is 5.32 Å². The lowest BCUT2D eigenvalue weighted by molar-refractivity contribution is -0.148. The molecule has 29 heavy (non-hydrogen) atoms. The number of hydrogen-bond donors (Lipinski definition) is 1. The van der Waals surface area contributed by atoms with E-state index in [2.05, 4.69) is 20.7 Å². The number of Topliss-reactive ketones (excluding diaryl/α,β-unsaturated/α-hetero) is 1. The number of anilines is 1. The molecule has 0 radical (unpaired) electrons. The number of carbonyl (C=O) groups is 3. The number of hydrogen-bond acceptors (Lipinski definition) is 7. The molecule has 0 saturated carbocycles. The van der Waals surface area contributed by atoms with Gasteiger partial charge in [-0.15, -0.1) is 10.2 Å². The van der Waals surface area contributed by atoms with Crippen LogP contribution in [0.2, 0.25) is 0 Å². The van der Waals surface area contributed by atoms with Crippen molar-refractivity contribution in [1.82, 2.24) is 20.2 Å². The van der Waals surface area contributed by atoms with Crippen molar-refractivity contribution in [3.8, 4) is 11.4 Å². The predicted octanol–water partition coefficient (Wildman–Crippen LogP) is 2.03. The molecule has 1 N–H and O–H groups in total. The summed E-state index contributed by atoms with van der Waals surface area (Å²) >= 11 is 0. The fourth-order valence-corrected chi connectivity index (χ4v) is 2.45. The first kappa shape index (κ1) is 19.9. The van der Waals surface area contributed by atoms with Gasteiger partial charge in [-0.05, 0) is 31.2 Å². The van der Waals surface area contributed by atoms with Crippen LogP contribution in [0.4, 0.5) is 5.69 Å². The van der Waals surface area contributed by atoms with Gasteiger partial charge in [0.05, 0.1) is 0 Å². The van der Waals surface area contributed by atoms with Crippen LogP contribution >= 0.6 is 0 Å². The summed E-state index contributed by atoms with van der Waals surface area (Å²) in [6.45, 7) is 2.67. The molecule has 3 rings (SSSR count). The fourth-order valence-electron chi connectivity index (χ4n) is 2.45. The van der Waals surface area contributed by atoms with Gasteiger partial charge in [-0.3, -0.25) is 9.59 Å². The Morgan fingerprint density at radius 2 is 1.86 bits per heavy atom. The van der Waals surface area contributed by atoms with Gasteiger partial charge in [0.2, 0.25) is 5.82 Å². The van der Waals surface area contributed by atoms with E-state index in [1.165, 1.54) is 6.92 Å². The number of aromatic nitrogens is 4. The molecule has 9 heteroatoms. The minimum atomic E-state index is -0.675. The number of nitrogens with zero attached hydrogens (tertiary/aromatic N) is 4. The van der Waals surface area contributed by atoms with Crippen LogP contribution in [-0.4, -0.2) is 44.5 Å². The lowest BCUT2D eigenvalue weighted by Gasteiger charge is -2.07. The number of amides is 1. The molecule has 9 nitrogen and oxygen atoms in total. The first-order chi connectivity index (χ1) is 13.9. The summed E-state index contributed by atoms with van der Waals surface area (Å²) in [6.07, 6.45) is 0. The second-order valence-electron chi connectivity index (χ2n) is 6.36. The quantitative estimate of drug-likeness (QED) is 0.482. The van der Waals surface area contributed by atoms with Crippen LogP contribution in [0.25, 0.3) is 11.4 Å². The van der Waals surface area contributed by atoms with Crippen LogP contribution in [0.1, 0.15) is 22.8 Å². The van der Waals surface area contributed by atoms with Crippen molar-refractivity contribution in [2.24, 2.45) is 0 Å². The zero-order valence-electron chi connectivity index (χ0n) is 16.0. The Balaban J connectivity index is 1.50. The fraction of sp³-hybridized carbons (Fsp3) is 0.200. The molecule has 0 aliphatic heterocycles. The Morgan fingerprint density at radius 1 is 1.10 bits per heavy atom. The number of nitrogens with one attached hydrogen (secondary N) is 1. The molecule has 1 heterocycles. The lowest BCUT2D eigenvalue weighted by atomic mass is 10.1. The van der Waals surface area contributed by atoms with Crippen molar-refractivity contribution >= 4 is 23.3 Å². The van der Waals surface area contributed by atoms with E-state index in [1.54, 1.807) is 24.3 Å². The van der Waals surface area contributed by atoms with Gasteiger partial charge in [0.15, 0.2) is 18.9 Å². The molecule has 0 bridgehead atoms. The minimum absolute atomic E-state index is 0.113. The van der Waals surface area contributed by atoms with Gasteiger partial charge in [-0.2, -0.15) is 4.80 Å². The van der Waals surface area contributed by atoms with E-state index in [0.29, 0.717) is 17.1 Å². The van der Waals surface area contributed by atoms with Crippen LogP contribution in [-0.2, 0) is 20.9 Å². The van der Waals surface area contributed by atoms with E-state index < -0.39 is 18.5 Å². The second kappa shape index (κ2) is 8.87. The maximum absolute atomic E-state index is 11.9. The summed E-state index contributed by atoms with van der Waals surface area (Å²) in [5.41, 5.74) is 2.80. The number of ether oxygens (including phenoxy) is 1. The van der Waals surface area contributed by atoms with Gasteiger partial charge in [0.1, 0.15) is 0 Å². The zero-order chi connectivity index (χ0) is 20.8. The average Bonchev–Trinajstić information content (AvgIpc) is 3.15. The topological polar surface area (TPSA) is 116 Å². The zero-order valence-corrected chi connectivity index (χ0v) is 16.0. The molecule has 0 atom stereocenters. The van der Waals surface area contributed by atoms with E-state index in [4.69, 9.17) is 4.74 Å². The highest BCUT2D eigenvalue weighted by Gasteiger charge is 2.12. The van der Waals surface area contributed by atoms with Crippen LogP contribution in [0.5, 0.6) is 0 Å². The van der Waals surface area contributed by atoms with E-state index in [0.717, 1.165) is 15.9 Å². The molecule has 0 aliphatic rings. The predicted molar refractivity (Wildman–Crippen MR) is 104 cm³/mol. The number of ketones is 1. The molecule has 0 unspecified atom stereocenters. The number of rotatable bonds is 7. The van der Waals surface area contributed by atoms with Crippen molar-refractivity contribution in [1.29, 1.82) is 0 Å². The van der Waals surface area contributed by atoms with E-state index in [1.807, 2.05) is 31.2 Å². The summed E-state index contributed by atoms with van der Waals surface area (Å²) in [7, 11) is 0. The summed E-state index contributed by atoms with van der Waals surface area (Å²) in [6, 6.07) is 14.1. The second-order valence-corrected chi connectivity index (χ2v) is 6.36. The molecule has 2 aromatic carbocycles. The normalized spacial score (nSPS) is 10.4. The third-order valence-corrected chi connectivity index (χ3v) is 3.95. The van der Waals surface area contributed by atoms with Gasteiger partial charge in [0.25, 0.3) is 5.91 Å². The van der Waals surface area contributed by atoms with Crippen molar-refractivity contribution in [3.05, 3.63) is 59.7 Å². The standard InChI is InChI=1S/C20H19N5O4/c1-13-6-8-15(9-7-13)20-22-24-25(23-20)11-19(28)29-12-18(27)21-17-5-3-4-16(10-17)14(2)26/h3-10H,11-12H2,1-2H3,(H,21,27). The number of benzene rings is 2. The first-order valence-corrected chi connectivity index (χ1v) is 8.82. The van der Waals surface area contributed by atoms with Crippen LogP contribution in [0, 0.1) is 6.92 Å².